The Morgan fingerprint density at radius 1 is 1.00 bits per heavy atom. The van der Waals surface area contributed by atoms with Crippen molar-refractivity contribution in [3.8, 4) is 22.6 Å². The van der Waals surface area contributed by atoms with E-state index in [0.29, 0.717) is 27.1 Å². The van der Waals surface area contributed by atoms with E-state index in [-0.39, 0.29) is 0 Å². The average Bonchev–Trinajstić information content (AvgIpc) is 2.39. The quantitative estimate of drug-likeness (QED) is 0.783. The summed E-state index contributed by atoms with van der Waals surface area (Å²) in [6.07, 6.45) is 3.36. The Kier molecular flexibility index (Phi) is 4.55. The van der Waals surface area contributed by atoms with E-state index in [2.05, 4.69) is 20.9 Å². The maximum Gasteiger partial charge on any atom is 0.141 e. The second-order valence-corrected chi connectivity index (χ2v) is 5.35. The Hall–Kier alpha value is -0.970. The number of halogens is 3. The first-order valence-electron chi connectivity index (χ1n) is 5.29. The zero-order valence-electron chi connectivity index (χ0n) is 10.2. The van der Waals surface area contributed by atoms with Gasteiger partial charge in [-0.2, -0.15) is 0 Å². The molecule has 0 atom stereocenters. The van der Waals surface area contributed by atoms with Crippen molar-refractivity contribution >= 4 is 39.1 Å². The molecule has 19 heavy (non-hydrogen) atoms. The monoisotopic (exact) mass is 361 g/mol. The molecule has 0 saturated carbocycles. The van der Waals surface area contributed by atoms with Gasteiger partial charge < -0.3 is 9.47 Å². The fourth-order valence-electron chi connectivity index (χ4n) is 1.69. The topological polar surface area (TPSA) is 31.4 Å². The van der Waals surface area contributed by atoms with Crippen molar-refractivity contribution in [2.75, 3.05) is 14.2 Å². The van der Waals surface area contributed by atoms with Crippen LogP contribution in [-0.2, 0) is 0 Å². The number of ether oxygens (including phenoxy) is 2. The summed E-state index contributed by atoms with van der Waals surface area (Å²) < 4.78 is 11.3. The molecule has 6 heteroatoms. The Morgan fingerprint density at radius 3 is 2.05 bits per heavy atom. The third-order valence-electron chi connectivity index (χ3n) is 2.57. The first kappa shape index (κ1) is 14.4. The third-order valence-corrected chi connectivity index (χ3v) is 3.75. The SMILES string of the molecule is COc1cc(OC)c(Cl)c(-c2cncc(Br)c2)c1Cl. The van der Waals surface area contributed by atoms with Gasteiger partial charge in [-0.05, 0) is 22.0 Å². The number of hydrogen-bond donors (Lipinski definition) is 0. The number of aromatic nitrogens is 1. The molecule has 0 fully saturated rings. The van der Waals surface area contributed by atoms with E-state index in [0.717, 1.165) is 10.0 Å². The molecule has 1 aromatic carbocycles. The molecule has 0 aliphatic heterocycles. The van der Waals surface area contributed by atoms with Crippen molar-refractivity contribution in [1.82, 2.24) is 4.98 Å². The summed E-state index contributed by atoms with van der Waals surface area (Å²) in [5.41, 5.74) is 1.41. The molecule has 0 N–H and O–H groups in total. The van der Waals surface area contributed by atoms with Crippen LogP contribution in [0.5, 0.6) is 11.5 Å². The lowest BCUT2D eigenvalue weighted by Crippen LogP contribution is -1.93. The summed E-state index contributed by atoms with van der Waals surface area (Å²) in [7, 11) is 3.08. The number of rotatable bonds is 3. The maximum atomic E-state index is 6.32. The highest BCUT2D eigenvalue weighted by molar-refractivity contribution is 9.10. The van der Waals surface area contributed by atoms with Crippen molar-refractivity contribution in [2.24, 2.45) is 0 Å². The van der Waals surface area contributed by atoms with E-state index in [1.54, 1.807) is 18.5 Å². The second-order valence-electron chi connectivity index (χ2n) is 3.68. The average molecular weight is 363 g/mol. The van der Waals surface area contributed by atoms with Gasteiger partial charge in [0, 0.05) is 34.1 Å². The summed E-state index contributed by atoms with van der Waals surface area (Å²) in [6.45, 7) is 0. The van der Waals surface area contributed by atoms with Gasteiger partial charge in [-0.3, -0.25) is 4.98 Å². The molecule has 0 amide bonds. The summed E-state index contributed by atoms with van der Waals surface area (Å²) in [5, 5.41) is 0.849. The molecule has 2 aromatic rings. The second kappa shape index (κ2) is 5.99. The van der Waals surface area contributed by atoms with E-state index < -0.39 is 0 Å². The maximum absolute atomic E-state index is 6.32. The van der Waals surface area contributed by atoms with Crippen LogP contribution in [0.15, 0.2) is 29.0 Å². The first-order chi connectivity index (χ1) is 9.08. The number of methoxy groups -OCH3 is 2. The summed E-state index contributed by atoms with van der Waals surface area (Å²) >= 11 is 16.0. The smallest absolute Gasteiger partial charge is 0.141 e. The molecule has 2 rings (SSSR count). The lowest BCUT2D eigenvalue weighted by Gasteiger charge is -2.14. The van der Waals surface area contributed by atoms with E-state index in [1.807, 2.05) is 6.07 Å². The Bertz CT molecular complexity index is 592. The van der Waals surface area contributed by atoms with Gasteiger partial charge in [0.15, 0.2) is 0 Å². The highest BCUT2D eigenvalue weighted by atomic mass is 79.9. The normalized spacial score (nSPS) is 10.4. The van der Waals surface area contributed by atoms with Crippen LogP contribution in [-0.4, -0.2) is 19.2 Å². The predicted molar refractivity (Wildman–Crippen MR) is 80.5 cm³/mol. The number of hydrogen-bond acceptors (Lipinski definition) is 3. The van der Waals surface area contributed by atoms with Crippen LogP contribution < -0.4 is 9.47 Å². The van der Waals surface area contributed by atoms with Gasteiger partial charge in [0.1, 0.15) is 11.5 Å². The van der Waals surface area contributed by atoms with E-state index in [1.165, 1.54) is 14.2 Å². The number of benzene rings is 1. The molecule has 0 radical (unpaired) electrons. The van der Waals surface area contributed by atoms with Crippen molar-refractivity contribution in [3.63, 3.8) is 0 Å². The Labute approximate surface area is 129 Å². The Balaban J connectivity index is 2.74. The van der Waals surface area contributed by atoms with Crippen molar-refractivity contribution in [3.05, 3.63) is 39.0 Å². The molecule has 0 spiro atoms. The van der Waals surface area contributed by atoms with Crippen LogP contribution in [0.2, 0.25) is 10.0 Å². The predicted octanol–water partition coefficient (Wildman–Crippen LogP) is 4.84. The fraction of sp³-hybridized carbons (Fsp3) is 0.154. The molecule has 0 saturated heterocycles. The largest absolute Gasteiger partial charge is 0.495 e. The van der Waals surface area contributed by atoms with E-state index in [4.69, 9.17) is 32.7 Å². The van der Waals surface area contributed by atoms with Crippen molar-refractivity contribution in [1.29, 1.82) is 0 Å². The molecule has 1 heterocycles. The molecular weight excluding hydrogens is 353 g/mol. The highest BCUT2D eigenvalue weighted by Gasteiger charge is 2.18. The minimum Gasteiger partial charge on any atom is -0.495 e. The van der Waals surface area contributed by atoms with Crippen LogP contribution in [0, 0.1) is 0 Å². The van der Waals surface area contributed by atoms with Crippen LogP contribution in [0.4, 0.5) is 0 Å². The van der Waals surface area contributed by atoms with Crippen molar-refractivity contribution in [2.45, 2.75) is 0 Å². The summed E-state index contributed by atoms with van der Waals surface area (Å²) in [4.78, 5) is 4.11. The molecule has 3 nitrogen and oxygen atoms in total. The molecular formula is C13H10BrCl2NO2. The first-order valence-corrected chi connectivity index (χ1v) is 6.84. The number of nitrogens with zero attached hydrogens (tertiary/aromatic N) is 1. The van der Waals surface area contributed by atoms with Crippen LogP contribution >= 0.6 is 39.1 Å². The minimum atomic E-state index is 0.424. The van der Waals surface area contributed by atoms with Crippen LogP contribution in [0.25, 0.3) is 11.1 Å². The van der Waals surface area contributed by atoms with Gasteiger partial charge in [0.2, 0.25) is 0 Å². The molecule has 0 bridgehead atoms. The zero-order chi connectivity index (χ0) is 14.0. The lowest BCUT2D eigenvalue weighted by molar-refractivity contribution is 0.395. The summed E-state index contributed by atoms with van der Waals surface area (Å²) in [5.74, 6) is 0.996. The zero-order valence-corrected chi connectivity index (χ0v) is 13.3. The van der Waals surface area contributed by atoms with Gasteiger partial charge in [-0.1, -0.05) is 23.2 Å². The van der Waals surface area contributed by atoms with Crippen LogP contribution in [0.3, 0.4) is 0 Å². The highest BCUT2D eigenvalue weighted by Crippen LogP contribution is 2.45. The third kappa shape index (κ3) is 2.81. The lowest BCUT2D eigenvalue weighted by atomic mass is 10.1. The van der Waals surface area contributed by atoms with Gasteiger partial charge in [-0.15, -0.1) is 0 Å². The van der Waals surface area contributed by atoms with Gasteiger partial charge in [0.25, 0.3) is 0 Å². The summed E-state index contributed by atoms with van der Waals surface area (Å²) in [6, 6.07) is 3.53. The minimum absolute atomic E-state index is 0.424. The fourth-order valence-corrected chi connectivity index (χ4v) is 2.77. The molecule has 0 aliphatic carbocycles. The molecule has 100 valence electrons. The van der Waals surface area contributed by atoms with Crippen LogP contribution in [0.1, 0.15) is 0 Å². The van der Waals surface area contributed by atoms with E-state index in [9.17, 15) is 0 Å². The molecule has 0 unspecified atom stereocenters. The van der Waals surface area contributed by atoms with Gasteiger partial charge in [0.05, 0.1) is 24.3 Å². The van der Waals surface area contributed by atoms with Gasteiger partial charge >= 0.3 is 0 Å². The van der Waals surface area contributed by atoms with Crippen molar-refractivity contribution < 1.29 is 9.47 Å². The van der Waals surface area contributed by atoms with Gasteiger partial charge in [-0.25, -0.2) is 0 Å². The Morgan fingerprint density at radius 2 is 1.58 bits per heavy atom. The van der Waals surface area contributed by atoms with E-state index >= 15 is 0 Å². The standard InChI is InChI=1S/C13H10BrCl2NO2/c1-18-9-4-10(19-2)13(16)11(12(9)15)7-3-8(14)6-17-5-7/h3-6H,1-2H3. The molecule has 1 aromatic heterocycles. The number of pyridine rings is 1. The molecule has 0 aliphatic rings.